The molecule has 2 heterocycles. The van der Waals surface area contributed by atoms with Crippen molar-refractivity contribution in [2.45, 2.75) is 0 Å². The van der Waals surface area contributed by atoms with E-state index in [9.17, 15) is 5.26 Å². The average Bonchev–Trinajstić information content (AvgIpc) is 3.70. The van der Waals surface area contributed by atoms with E-state index in [0.29, 0.717) is 16.9 Å². The van der Waals surface area contributed by atoms with Gasteiger partial charge in [-0.2, -0.15) is 5.26 Å². The zero-order valence-electron chi connectivity index (χ0n) is 26.7. The molecule has 0 bridgehead atoms. The zero-order valence-corrected chi connectivity index (χ0v) is 26.7. The molecule has 0 aliphatic carbocycles. The molecule has 0 fully saturated rings. The van der Waals surface area contributed by atoms with E-state index in [2.05, 4.69) is 91.6 Å². The lowest BCUT2D eigenvalue weighted by Crippen LogP contribution is -1.98. The third kappa shape index (κ3) is 4.31. The molecule has 0 unspecified atom stereocenters. The summed E-state index contributed by atoms with van der Waals surface area (Å²) in [7, 11) is 0. The maximum absolute atomic E-state index is 9.99. The minimum absolute atomic E-state index is 0.560. The Labute approximate surface area is 288 Å². The quantitative estimate of drug-likeness (QED) is 0.177. The summed E-state index contributed by atoms with van der Waals surface area (Å²) in [4.78, 5) is 7.53. The summed E-state index contributed by atoms with van der Waals surface area (Å²) in [6, 6.07) is 53.4. The third-order valence-electron chi connectivity index (χ3n) is 9.59. The topological polar surface area (TPSA) is 42.4 Å². The second kappa shape index (κ2) is 11.4. The summed E-state index contributed by atoms with van der Waals surface area (Å²) in [5.74, 6) is 0. The van der Waals surface area contributed by atoms with Crippen molar-refractivity contribution in [2.75, 3.05) is 0 Å². The van der Waals surface area contributed by atoms with Gasteiger partial charge in [0.05, 0.1) is 52.5 Å². The van der Waals surface area contributed by atoms with Gasteiger partial charge in [-0.25, -0.2) is 9.69 Å². The molecule has 0 atom stereocenters. The van der Waals surface area contributed by atoms with Crippen LogP contribution in [0.2, 0.25) is 0 Å². The molecule has 0 amide bonds. The highest BCUT2D eigenvalue weighted by Crippen LogP contribution is 2.42. The number of para-hydroxylation sites is 3. The number of nitrogens with zero attached hydrogens (tertiary/aromatic N) is 5. The fourth-order valence-corrected chi connectivity index (χ4v) is 7.47. The molecule has 0 spiro atoms. The van der Waals surface area contributed by atoms with Crippen molar-refractivity contribution in [3.05, 3.63) is 180 Å². The van der Waals surface area contributed by atoms with Crippen LogP contribution in [0.3, 0.4) is 0 Å². The van der Waals surface area contributed by atoms with E-state index in [1.807, 2.05) is 84.9 Å². The van der Waals surface area contributed by atoms with Gasteiger partial charge in [0.25, 0.3) is 0 Å². The Morgan fingerprint density at radius 3 is 1.96 bits per heavy atom. The Bertz CT molecular complexity index is 2970. The molecule has 0 N–H and O–H groups in total. The molecule has 9 aromatic rings. The van der Waals surface area contributed by atoms with Crippen molar-refractivity contribution < 1.29 is 0 Å². The standard InChI is InChI=1S/C45H25N5/c1-47-31-21-23-34(29-11-9-13-33(25-29)49-42-19-8-5-16-37(42)45-30(28-46)12-10-20-44(45)49)38(26-31)35-14-3-6-17-40(35)50-41-18-7-4-15-36(41)39-27-32(48-2)22-24-43(39)50/h3-27H. The Kier molecular flexibility index (Phi) is 6.56. The maximum atomic E-state index is 9.99. The van der Waals surface area contributed by atoms with Crippen LogP contribution < -0.4 is 0 Å². The van der Waals surface area contributed by atoms with Crippen molar-refractivity contribution in [1.82, 2.24) is 9.13 Å². The number of hydrogen-bond donors (Lipinski definition) is 0. The molecular formula is C45H25N5. The predicted octanol–water partition coefficient (Wildman–Crippen LogP) is 12.2. The molecule has 5 nitrogen and oxygen atoms in total. The number of benzene rings is 7. The highest BCUT2D eigenvalue weighted by atomic mass is 15.0. The van der Waals surface area contributed by atoms with Crippen molar-refractivity contribution >= 4 is 55.0 Å². The van der Waals surface area contributed by atoms with E-state index in [1.54, 1.807) is 0 Å². The van der Waals surface area contributed by atoms with Crippen LogP contribution in [0.25, 0.3) is 86.9 Å². The first kappa shape index (κ1) is 28.8. The second-order valence-electron chi connectivity index (χ2n) is 12.2. The molecule has 7 aromatic carbocycles. The third-order valence-corrected chi connectivity index (χ3v) is 9.59. The van der Waals surface area contributed by atoms with Crippen molar-refractivity contribution in [3.63, 3.8) is 0 Å². The van der Waals surface area contributed by atoms with Gasteiger partial charge in [-0.3, -0.25) is 0 Å². The molecule has 230 valence electrons. The minimum atomic E-state index is 0.560. The van der Waals surface area contributed by atoms with Crippen LogP contribution in [-0.2, 0) is 0 Å². The number of rotatable bonds is 4. The predicted molar refractivity (Wildman–Crippen MR) is 203 cm³/mol. The number of fused-ring (bicyclic) bond motifs is 6. The Balaban J connectivity index is 1.29. The molecule has 2 aromatic heterocycles. The van der Waals surface area contributed by atoms with Gasteiger partial charge in [0.1, 0.15) is 0 Å². The van der Waals surface area contributed by atoms with E-state index < -0.39 is 0 Å². The molecule has 0 aliphatic rings. The Morgan fingerprint density at radius 2 is 1.14 bits per heavy atom. The molecule has 5 heteroatoms. The van der Waals surface area contributed by atoms with E-state index in [4.69, 9.17) is 13.1 Å². The van der Waals surface area contributed by atoms with Crippen LogP contribution in [0.4, 0.5) is 11.4 Å². The number of aromatic nitrogens is 2. The molecular weight excluding hydrogens is 611 g/mol. The lowest BCUT2D eigenvalue weighted by molar-refractivity contribution is 1.18. The smallest absolute Gasteiger partial charge is 0.188 e. The highest BCUT2D eigenvalue weighted by molar-refractivity contribution is 6.12. The number of nitriles is 1. The van der Waals surface area contributed by atoms with Crippen molar-refractivity contribution in [3.8, 4) is 39.7 Å². The maximum Gasteiger partial charge on any atom is 0.188 e. The van der Waals surface area contributed by atoms with Crippen molar-refractivity contribution in [1.29, 1.82) is 5.26 Å². The van der Waals surface area contributed by atoms with Gasteiger partial charge in [-0.15, -0.1) is 0 Å². The summed E-state index contributed by atoms with van der Waals surface area (Å²) in [5.41, 5.74) is 11.8. The number of hydrogen-bond acceptors (Lipinski definition) is 1. The van der Waals surface area contributed by atoms with Gasteiger partial charge in [0.2, 0.25) is 0 Å². The van der Waals surface area contributed by atoms with Crippen LogP contribution in [0.15, 0.2) is 152 Å². The molecule has 9 rings (SSSR count). The van der Waals surface area contributed by atoms with E-state index in [0.717, 1.165) is 77.2 Å². The van der Waals surface area contributed by atoms with Gasteiger partial charge in [-0.1, -0.05) is 91.0 Å². The molecule has 0 saturated heterocycles. The summed E-state index contributed by atoms with van der Waals surface area (Å²) in [5, 5.41) is 14.1. The first-order valence-electron chi connectivity index (χ1n) is 16.2. The average molecular weight is 636 g/mol. The fraction of sp³-hybridized carbons (Fsp3) is 0. The van der Waals surface area contributed by atoms with Crippen LogP contribution in [0, 0.1) is 24.5 Å². The normalized spacial score (nSPS) is 11.1. The molecule has 0 aliphatic heterocycles. The lowest BCUT2D eigenvalue weighted by Gasteiger charge is -2.18. The van der Waals surface area contributed by atoms with Gasteiger partial charge in [0, 0.05) is 27.4 Å². The zero-order chi connectivity index (χ0) is 33.8. The fourth-order valence-electron chi connectivity index (χ4n) is 7.47. The summed E-state index contributed by atoms with van der Waals surface area (Å²) in [6.07, 6.45) is 0. The monoisotopic (exact) mass is 635 g/mol. The summed E-state index contributed by atoms with van der Waals surface area (Å²) < 4.78 is 4.49. The van der Waals surface area contributed by atoms with E-state index in [1.165, 1.54) is 0 Å². The molecule has 0 radical (unpaired) electrons. The van der Waals surface area contributed by atoms with Crippen LogP contribution in [0.1, 0.15) is 5.56 Å². The second-order valence-corrected chi connectivity index (χ2v) is 12.2. The highest BCUT2D eigenvalue weighted by Gasteiger charge is 2.20. The summed E-state index contributed by atoms with van der Waals surface area (Å²) >= 11 is 0. The SMILES string of the molecule is [C-]#[N+]c1ccc(-c2cccc(-n3c4ccccc4c4c(C#N)cccc43)c2)c(-c2ccccc2-n2c3ccccc3c3cc([N+]#[C-])ccc32)c1. The van der Waals surface area contributed by atoms with Gasteiger partial charge < -0.3 is 9.13 Å². The lowest BCUT2D eigenvalue weighted by atomic mass is 9.92. The minimum Gasteiger partial charge on any atom is -0.309 e. The largest absolute Gasteiger partial charge is 0.309 e. The van der Waals surface area contributed by atoms with Crippen LogP contribution in [-0.4, -0.2) is 9.13 Å². The summed E-state index contributed by atoms with van der Waals surface area (Å²) in [6.45, 7) is 15.5. The first-order chi connectivity index (χ1) is 24.7. The first-order valence-corrected chi connectivity index (χ1v) is 16.2. The van der Waals surface area contributed by atoms with Crippen molar-refractivity contribution in [2.24, 2.45) is 0 Å². The van der Waals surface area contributed by atoms with E-state index >= 15 is 0 Å². The van der Waals surface area contributed by atoms with Gasteiger partial charge >= 0.3 is 0 Å². The molecule has 50 heavy (non-hydrogen) atoms. The Morgan fingerprint density at radius 1 is 0.480 bits per heavy atom. The Hall–Kier alpha value is -7.39. The van der Waals surface area contributed by atoms with E-state index in [-0.39, 0.29) is 0 Å². The molecule has 0 saturated carbocycles. The van der Waals surface area contributed by atoms with Crippen LogP contribution in [0.5, 0.6) is 0 Å². The van der Waals surface area contributed by atoms with Crippen LogP contribution >= 0.6 is 0 Å². The van der Waals surface area contributed by atoms with Gasteiger partial charge in [0.15, 0.2) is 11.4 Å². The van der Waals surface area contributed by atoms with Gasteiger partial charge in [-0.05, 0) is 82.7 Å².